The van der Waals surface area contributed by atoms with Gasteiger partial charge in [-0.2, -0.15) is 0 Å². The van der Waals surface area contributed by atoms with E-state index in [0.717, 1.165) is 6.42 Å². The minimum atomic E-state index is -0.411. The van der Waals surface area contributed by atoms with Gasteiger partial charge in [-0.05, 0) is 19.8 Å². The van der Waals surface area contributed by atoms with E-state index in [-0.39, 0.29) is 23.9 Å². The van der Waals surface area contributed by atoms with Crippen LogP contribution in [0.5, 0.6) is 0 Å². The Morgan fingerprint density at radius 3 is 2.69 bits per heavy atom. The second-order valence-electron chi connectivity index (χ2n) is 3.52. The van der Waals surface area contributed by atoms with Crippen molar-refractivity contribution in [2.24, 2.45) is 5.73 Å². The molecule has 0 aromatic carbocycles. The number of carbonyl (C=O) groups excluding carboxylic acids is 1. The lowest BCUT2D eigenvalue weighted by Gasteiger charge is -2.32. The standard InChI is InChI=1S/C8H15NO3.ClH/c1-8(9)4-3-6(12-5-8)7(10)11-2;/h6H,3-5,9H2,1-2H3;1H/t6-,8?;/m0./s1. The topological polar surface area (TPSA) is 61.5 Å². The molecule has 0 spiro atoms. The van der Waals surface area contributed by atoms with Crippen LogP contribution in [0.1, 0.15) is 19.8 Å². The van der Waals surface area contributed by atoms with E-state index in [1.54, 1.807) is 0 Å². The quantitative estimate of drug-likeness (QED) is 0.638. The molecule has 4 nitrogen and oxygen atoms in total. The molecule has 0 radical (unpaired) electrons. The average molecular weight is 210 g/mol. The summed E-state index contributed by atoms with van der Waals surface area (Å²) in [6, 6.07) is 0. The van der Waals surface area contributed by atoms with E-state index < -0.39 is 6.10 Å². The molecule has 0 bridgehead atoms. The summed E-state index contributed by atoms with van der Waals surface area (Å²) in [5.74, 6) is -0.300. The normalized spacial score (nSPS) is 33.3. The van der Waals surface area contributed by atoms with Gasteiger partial charge in [0.1, 0.15) is 0 Å². The maximum absolute atomic E-state index is 11.0. The lowest BCUT2D eigenvalue weighted by molar-refractivity contribution is -0.159. The zero-order valence-corrected chi connectivity index (χ0v) is 8.73. The molecule has 1 aliphatic rings. The molecule has 0 saturated carbocycles. The number of hydrogen-bond acceptors (Lipinski definition) is 4. The molecule has 2 N–H and O–H groups in total. The van der Waals surface area contributed by atoms with E-state index in [1.165, 1.54) is 7.11 Å². The van der Waals surface area contributed by atoms with E-state index in [4.69, 9.17) is 10.5 Å². The van der Waals surface area contributed by atoms with Crippen LogP contribution in [0.4, 0.5) is 0 Å². The summed E-state index contributed by atoms with van der Waals surface area (Å²) in [5.41, 5.74) is 5.52. The SMILES string of the molecule is COC(=O)[C@@H]1CCC(C)(N)CO1.Cl. The fraction of sp³-hybridized carbons (Fsp3) is 0.875. The fourth-order valence-corrected chi connectivity index (χ4v) is 1.22. The first kappa shape index (κ1) is 12.7. The van der Waals surface area contributed by atoms with E-state index in [0.29, 0.717) is 13.0 Å². The van der Waals surface area contributed by atoms with Gasteiger partial charge in [0.15, 0.2) is 6.10 Å². The van der Waals surface area contributed by atoms with Gasteiger partial charge in [-0.3, -0.25) is 0 Å². The second kappa shape index (κ2) is 4.79. The van der Waals surface area contributed by atoms with Crippen molar-refractivity contribution >= 4 is 18.4 Å². The van der Waals surface area contributed by atoms with Gasteiger partial charge >= 0.3 is 5.97 Å². The Hall–Kier alpha value is -0.320. The van der Waals surface area contributed by atoms with Gasteiger partial charge in [0, 0.05) is 5.54 Å². The lowest BCUT2D eigenvalue weighted by atomic mass is 9.93. The molecule has 1 fully saturated rings. The molecule has 1 saturated heterocycles. The number of ether oxygens (including phenoxy) is 2. The maximum Gasteiger partial charge on any atom is 0.334 e. The first-order valence-electron chi connectivity index (χ1n) is 4.03. The van der Waals surface area contributed by atoms with Gasteiger partial charge < -0.3 is 15.2 Å². The molecule has 5 heteroatoms. The van der Waals surface area contributed by atoms with E-state index >= 15 is 0 Å². The highest BCUT2D eigenvalue weighted by Gasteiger charge is 2.32. The summed E-state index contributed by atoms with van der Waals surface area (Å²) < 4.78 is 9.80. The van der Waals surface area contributed by atoms with Gasteiger partial charge in [0.2, 0.25) is 0 Å². The summed E-state index contributed by atoms with van der Waals surface area (Å²) in [7, 11) is 1.36. The first-order valence-corrected chi connectivity index (χ1v) is 4.03. The van der Waals surface area contributed by atoms with Crippen LogP contribution in [-0.4, -0.2) is 31.3 Å². The Kier molecular flexibility index (Phi) is 4.67. The molecule has 13 heavy (non-hydrogen) atoms. The lowest BCUT2D eigenvalue weighted by Crippen LogP contribution is -2.48. The molecule has 1 unspecified atom stereocenters. The maximum atomic E-state index is 11.0. The van der Waals surface area contributed by atoms with Gasteiger partial charge in [0.05, 0.1) is 13.7 Å². The summed E-state index contributed by atoms with van der Waals surface area (Å²) in [6.07, 6.45) is 1.04. The van der Waals surface area contributed by atoms with Gasteiger partial charge in [-0.15, -0.1) is 12.4 Å². The van der Waals surface area contributed by atoms with Crippen LogP contribution in [-0.2, 0) is 14.3 Å². The van der Waals surface area contributed by atoms with Crippen molar-refractivity contribution in [1.82, 2.24) is 0 Å². The van der Waals surface area contributed by atoms with Crippen molar-refractivity contribution in [2.45, 2.75) is 31.4 Å². The minimum absolute atomic E-state index is 0. The molecule has 0 aromatic heterocycles. The van der Waals surface area contributed by atoms with Crippen LogP contribution in [0.3, 0.4) is 0 Å². The summed E-state index contributed by atoms with van der Waals surface area (Å²) in [4.78, 5) is 11.0. The zero-order chi connectivity index (χ0) is 9.19. The summed E-state index contributed by atoms with van der Waals surface area (Å²) >= 11 is 0. The Morgan fingerprint density at radius 2 is 2.31 bits per heavy atom. The molecule has 0 aliphatic carbocycles. The van der Waals surface area contributed by atoms with Crippen LogP contribution in [0.25, 0.3) is 0 Å². The molecule has 78 valence electrons. The molecule has 1 aliphatic heterocycles. The second-order valence-corrected chi connectivity index (χ2v) is 3.52. The Morgan fingerprint density at radius 1 is 1.69 bits per heavy atom. The van der Waals surface area contributed by atoms with Crippen molar-refractivity contribution in [3.8, 4) is 0 Å². The molecular weight excluding hydrogens is 194 g/mol. The third-order valence-electron chi connectivity index (χ3n) is 2.06. The molecular formula is C8H16ClNO3. The molecule has 0 aromatic rings. The third-order valence-corrected chi connectivity index (χ3v) is 2.06. The van der Waals surface area contributed by atoms with Gasteiger partial charge in [-0.25, -0.2) is 4.79 Å². The number of carbonyl (C=O) groups is 1. The summed E-state index contributed by atoms with van der Waals surface area (Å²) in [5, 5.41) is 0. The smallest absolute Gasteiger partial charge is 0.334 e. The van der Waals surface area contributed by atoms with Crippen LogP contribution < -0.4 is 5.73 Å². The van der Waals surface area contributed by atoms with Crippen LogP contribution in [0.2, 0.25) is 0 Å². The largest absolute Gasteiger partial charge is 0.467 e. The predicted molar refractivity (Wildman–Crippen MR) is 50.8 cm³/mol. The Balaban J connectivity index is 0.00000144. The number of rotatable bonds is 1. The average Bonchev–Trinajstić information content (AvgIpc) is 2.03. The number of nitrogens with two attached hydrogens (primary N) is 1. The summed E-state index contributed by atoms with van der Waals surface area (Å²) in [6.45, 7) is 2.34. The van der Waals surface area contributed by atoms with Crippen LogP contribution >= 0.6 is 12.4 Å². The van der Waals surface area contributed by atoms with E-state index in [1.807, 2.05) is 6.92 Å². The highest BCUT2D eigenvalue weighted by Crippen LogP contribution is 2.20. The highest BCUT2D eigenvalue weighted by molar-refractivity contribution is 5.85. The van der Waals surface area contributed by atoms with Crippen LogP contribution in [0.15, 0.2) is 0 Å². The Labute approximate surface area is 84.2 Å². The fourth-order valence-electron chi connectivity index (χ4n) is 1.22. The number of methoxy groups -OCH3 is 1. The zero-order valence-electron chi connectivity index (χ0n) is 7.91. The van der Waals surface area contributed by atoms with Crippen molar-refractivity contribution in [2.75, 3.05) is 13.7 Å². The highest BCUT2D eigenvalue weighted by atomic mass is 35.5. The third kappa shape index (κ3) is 3.50. The monoisotopic (exact) mass is 209 g/mol. The molecule has 1 rings (SSSR count). The molecule has 0 amide bonds. The Bertz CT molecular complexity index is 174. The number of halogens is 1. The predicted octanol–water partition coefficient (Wildman–Crippen LogP) is 0.478. The van der Waals surface area contributed by atoms with Crippen LogP contribution in [0, 0.1) is 0 Å². The number of hydrogen-bond donors (Lipinski definition) is 1. The van der Waals surface area contributed by atoms with Gasteiger partial charge in [-0.1, -0.05) is 0 Å². The van der Waals surface area contributed by atoms with Gasteiger partial charge in [0.25, 0.3) is 0 Å². The van der Waals surface area contributed by atoms with Crippen molar-refractivity contribution in [1.29, 1.82) is 0 Å². The van der Waals surface area contributed by atoms with E-state index in [9.17, 15) is 4.79 Å². The van der Waals surface area contributed by atoms with Crippen molar-refractivity contribution < 1.29 is 14.3 Å². The van der Waals surface area contributed by atoms with Crippen molar-refractivity contribution in [3.05, 3.63) is 0 Å². The molecule has 1 heterocycles. The number of esters is 1. The van der Waals surface area contributed by atoms with Crippen molar-refractivity contribution in [3.63, 3.8) is 0 Å². The van der Waals surface area contributed by atoms with E-state index in [2.05, 4.69) is 4.74 Å². The first-order chi connectivity index (χ1) is 5.55. The molecule has 2 atom stereocenters. The minimum Gasteiger partial charge on any atom is -0.467 e.